The maximum Gasteiger partial charge on any atom is 0.161 e. The molecule has 2 rings (SSSR count). The zero-order chi connectivity index (χ0) is 12.4. The number of thioether (sulfide) groups is 1. The first kappa shape index (κ1) is 12.9. The van der Waals surface area contributed by atoms with Gasteiger partial charge < -0.3 is 5.32 Å². The summed E-state index contributed by atoms with van der Waals surface area (Å²) in [6.45, 7) is 5.22. The number of anilines is 1. The van der Waals surface area contributed by atoms with E-state index >= 15 is 0 Å². The van der Waals surface area contributed by atoms with Gasteiger partial charge >= 0.3 is 0 Å². The fraction of sp³-hybridized carbons (Fsp3) is 0.417. The number of aliphatic imine (C=N–C) groups is 1. The van der Waals surface area contributed by atoms with Crippen molar-refractivity contribution in [1.82, 2.24) is 0 Å². The Kier molecular flexibility index (Phi) is 4.09. The number of nitrogens with zero attached hydrogens (tertiary/aromatic N) is 1. The average molecular weight is 317 g/mol. The van der Waals surface area contributed by atoms with Crippen LogP contribution in [0.25, 0.3) is 0 Å². The minimum absolute atomic E-state index is 0.265. The second-order valence-electron chi connectivity index (χ2n) is 4.30. The van der Waals surface area contributed by atoms with E-state index < -0.39 is 0 Å². The summed E-state index contributed by atoms with van der Waals surface area (Å²) in [4.78, 5) is 4.42. The van der Waals surface area contributed by atoms with Crippen molar-refractivity contribution in [3.8, 4) is 0 Å². The Labute approximate surface area is 113 Å². The van der Waals surface area contributed by atoms with Crippen molar-refractivity contribution in [3.05, 3.63) is 28.5 Å². The number of amidine groups is 1. The largest absolute Gasteiger partial charge is 0.335 e. The first-order chi connectivity index (χ1) is 8.06. The molecule has 1 atom stereocenters. The summed E-state index contributed by atoms with van der Waals surface area (Å²) in [5.41, 5.74) is 0.737. The summed E-state index contributed by atoms with van der Waals surface area (Å²) in [7, 11) is 0. The molecule has 1 aromatic carbocycles. The third-order valence-corrected chi connectivity index (χ3v) is 4.69. The molecule has 0 amide bonds. The van der Waals surface area contributed by atoms with E-state index in [0.29, 0.717) is 15.6 Å². The standard InChI is InChI=1S/C12H14BrFN2S/c1-7(2)11-6-15-12(17-11)16-8-3-4-9(13)10(14)5-8/h3-5,7,11H,6H2,1-2H3,(H,15,16). The van der Waals surface area contributed by atoms with Crippen LogP contribution < -0.4 is 5.32 Å². The molecule has 1 aliphatic rings. The second-order valence-corrected chi connectivity index (χ2v) is 6.38. The topological polar surface area (TPSA) is 24.4 Å². The highest BCUT2D eigenvalue weighted by Crippen LogP contribution is 2.28. The Balaban J connectivity index is 2.00. The van der Waals surface area contributed by atoms with Gasteiger partial charge in [-0.2, -0.15) is 0 Å². The molecule has 0 aromatic heterocycles. The number of hydrogen-bond donors (Lipinski definition) is 1. The van der Waals surface area contributed by atoms with Crippen LogP contribution in [0.4, 0.5) is 10.1 Å². The van der Waals surface area contributed by atoms with Crippen LogP contribution in [0.2, 0.25) is 0 Å². The summed E-state index contributed by atoms with van der Waals surface area (Å²) in [5.74, 6) is 0.337. The van der Waals surface area contributed by atoms with Crippen molar-refractivity contribution < 1.29 is 4.39 Å². The first-order valence-electron chi connectivity index (χ1n) is 5.49. The third kappa shape index (κ3) is 3.22. The number of rotatable bonds is 2. The lowest BCUT2D eigenvalue weighted by molar-refractivity contribution is 0.621. The van der Waals surface area contributed by atoms with Crippen LogP contribution in [0.3, 0.4) is 0 Å². The lowest BCUT2D eigenvalue weighted by Crippen LogP contribution is -2.13. The van der Waals surface area contributed by atoms with Crippen LogP contribution in [0, 0.1) is 11.7 Å². The van der Waals surface area contributed by atoms with Crippen LogP contribution in [0.15, 0.2) is 27.7 Å². The Hall–Kier alpha value is -0.550. The zero-order valence-corrected chi connectivity index (χ0v) is 12.1. The summed E-state index contributed by atoms with van der Waals surface area (Å²) in [6.07, 6.45) is 0. The number of nitrogens with one attached hydrogen (secondary N) is 1. The summed E-state index contributed by atoms with van der Waals surface area (Å²) < 4.78 is 13.8. The van der Waals surface area contributed by atoms with E-state index in [0.717, 1.165) is 17.4 Å². The maximum absolute atomic E-state index is 13.3. The molecule has 1 aliphatic heterocycles. The minimum Gasteiger partial charge on any atom is -0.335 e. The van der Waals surface area contributed by atoms with E-state index in [2.05, 4.69) is 40.1 Å². The van der Waals surface area contributed by atoms with Gasteiger partial charge in [-0.25, -0.2) is 4.39 Å². The number of halogens is 2. The Morgan fingerprint density at radius 2 is 2.29 bits per heavy atom. The summed E-state index contributed by atoms with van der Waals surface area (Å²) in [5, 5.41) is 4.55. The highest BCUT2D eigenvalue weighted by atomic mass is 79.9. The fourth-order valence-corrected chi connectivity index (χ4v) is 2.78. The normalized spacial score (nSPS) is 19.6. The predicted octanol–water partition coefficient (Wildman–Crippen LogP) is 4.13. The van der Waals surface area contributed by atoms with Crippen LogP contribution in [0.1, 0.15) is 13.8 Å². The van der Waals surface area contributed by atoms with Crippen molar-refractivity contribution in [2.24, 2.45) is 10.9 Å². The van der Waals surface area contributed by atoms with Gasteiger partial charge in [-0.3, -0.25) is 4.99 Å². The van der Waals surface area contributed by atoms with Gasteiger partial charge in [0.25, 0.3) is 0 Å². The molecule has 1 unspecified atom stereocenters. The highest BCUT2D eigenvalue weighted by Gasteiger charge is 2.22. The second kappa shape index (κ2) is 5.40. The van der Waals surface area contributed by atoms with Gasteiger partial charge in [-0.1, -0.05) is 25.6 Å². The molecule has 0 saturated heterocycles. The van der Waals surface area contributed by atoms with Gasteiger partial charge in [0.1, 0.15) is 5.82 Å². The van der Waals surface area contributed by atoms with Crippen LogP contribution in [-0.4, -0.2) is 17.0 Å². The number of hydrogen-bond acceptors (Lipinski definition) is 3. The van der Waals surface area contributed by atoms with Crippen LogP contribution >= 0.6 is 27.7 Å². The molecule has 0 radical (unpaired) electrons. The molecule has 1 aromatic rings. The van der Waals surface area contributed by atoms with Crippen molar-refractivity contribution in [1.29, 1.82) is 0 Å². The molecule has 2 nitrogen and oxygen atoms in total. The molecule has 0 spiro atoms. The Morgan fingerprint density at radius 1 is 1.53 bits per heavy atom. The monoisotopic (exact) mass is 316 g/mol. The van der Waals surface area contributed by atoms with Gasteiger partial charge in [0.05, 0.1) is 11.0 Å². The molecular weight excluding hydrogens is 303 g/mol. The molecule has 0 saturated carbocycles. The molecule has 1 N–H and O–H groups in total. The summed E-state index contributed by atoms with van der Waals surface area (Å²) in [6, 6.07) is 4.99. The van der Waals surface area contributed by atoms with Crippen LogP contribution in [-0.2, 0) is 0 Å². The SMILES string of the molecule is CC(C)C1CN=C(Nc2ccc(Br)c(F)c2)S1. The van der Waals surface area contributed by atoms with E-state index in [1.54, 1.807) is 17.8 Å². The molecule has 0 aliphatic carbocycles. The van der Waals surface area contributed by atoms with Gasteiger partial charge in [-0.05, 0) is 40.0 Å². The van der Waals surface area contributed by atoms with Gasteiger partial charge in [-0.15, -0.1) is 0 Å². The van der Waals surface area contributed by atoms with E-state index in [1.165, 1.54) is 6.07 Å². The van der Waals surface area contributed by atoms with Crippen molar-refractivity contribution in [2.75, 3.05) is 11.9 Å². The molecule has 17 heavy (non-hydrogen) atoms. The fourth-order valence-electron chi connectivity index (χ4n) is 1.50. The first-order valence-corrected chi connectivity index (χ1v) is 7.16. The molecule has 1 heterocycles. The van der Waals surface area contributed by atoms with E-state index in [-0.39, 0.29) is 5.82 Å². The van der Waals surface area contributed by atoms with Crippen molar-refractivity contribution in [2.45, 2.75) is 19.1 Å². The van der Waals surface area contributed by atoms with Crippen LogP contribution in [0.5, 0.6) is 0 Å². The Morgan fingerprint density at radius 3 is 2.88 bits per heavy atom. The van der Waals surface area contributed by atoms with E-state index in [1.807, 2.05) is 6.07 Å². The lowest BCUT2D eigenvalue weighted by Gasteiger charge is -2.12. The van der Waals surface area contributed by atoms with E-state index in [4.69, 9.17) is 0 Å². The predicted molar refractivity (Wildman–Crippen MR) is 76.2 cm³/mol. The smallest absolute Gasteiger partial charge is 0.161 e. The van der Waals surface area contributed by atoms with Crippen molar-refractivity contribution >= 4 is 38.5 Å². The Bertz CT molecular complexity index is 448. The molecule has 0 fully saturated rings. The molecule has 0 bridgehead atoms. The maximum atomic E-state index is 13.3. The average Bonchev–Trinajstić information content (AvgIpc) is 2.72. The third-order valence-electron chi connectivity index (χ3n) is 2.59. The highest BCUT2D eigenvalue weighted by molar-refractivity contribution is 9.10. The molecule has 5 heteroatoms. The van der Waals surface area contributed by atoms with Crippen molar-refractivity contribution in [3.63, 3.8) is 0 Å². The van der Waals surface area contributed by atoms with Gasteiger partial charge in [0.15, 0.2) is 5.17 Å². The van der Waals surface area contributed by atoms with E-state index in [9.17, 15) is 4.39 Å². The quantitative estimate of drug-likeness (QED) is 0.887. The molecule has 92 valence electrons. The lowest BCUT2D eigenvalue weighted by atomic mass is 10.1. The number of benzene rings is 1. The summed E-state index contributed by atoms with van der Waals surface area (Å²) >= 11 is 4.86. The molecular formula is C12H14BrFN2S. The zero-order valence-electron chi connectivity index (χ0n) is 9.71. The van der Waals surface area contributed by atoms with Gasteiger partial charge in [0, 0.05) is 10.9 Å². The van der Waals surface area contributed by atoms with Gasteiger partial charge in [0.2, 0.25) is 0 Å². The minimum atomic E-state index is -0.265.